The van der Waals surface area contributed by atoms with Gasteiger partial charge in [-0.15, -0.1) is 0 Å². The van der Waals surface area contributed by atoms with Crippen molar-refractivity contribution >= 4 is 45.2 Å². The summed E-state index contributed by atoms with van der Waals surface area (Å²) in [5.41, 5.74) is 2.73. The van der Waals surface area contributed by atoms with Crippen LogP contribution >= 0.6 is 11.6 Å². The van der Waals surface area contributed by atoms with Crippen molar-refractivity contribution in [3.05, 3.63) is 59.4 Å². The number of benzene rings is 1. The van der Waals surface area contributed by atoms with Gasteiger partial charge >= 0.3 is 0 Å². The molecule has 0 unspecified atom stereocenters. The normalized spacial score (nSPS) is 19.3. The van der Waals surface area contributed by atoms with Gasteiger partial charge in [0.15, 0.2) is 11.5 Å². The van der Waals surface area contributed by atoms with Crippen molar-refractivity contribution in [2.45, 2.75) is 32.9 Å². The summed E-state index contributed by atoms with van der Waals surface area (Å²) in [4.78, 5) is 11.0. The Balaban J connectivity index is 1.53. The third kappa shape index (κ3) is 3.79. The van der Waals surface area contributed by atoms with Gasteiger partial charge in [0.1, 0.15) is 5.82 Å². The molecule has 1 aromatic carbocycles. The van der Waals surface area contributed by atoms with Crippen LogP contribution in [0.25, 0.3) is 16.4 Å². The van der Waals surface area contributed by atoms with E-state index in [0.29, 0.717) is 34.3 Å². The molecule has 1 aliphatic rings. The van der Waals surface area contributed by atoms with Crippen molar-refractivity contribution < 1.29 is 4.39 Å². The number of hydrogen-bond acceptors (Lipinski definition) is 5. The summed E-state index contributed by atoms with van der Waals surface area (Å²) in [6, 6.07) is 8.32. The molecule has 0 amide bonds. The van der Waals surface area contributed by atoms with Crippen molar-refractivity contribution in [3.8, 4) is 0 Å². The van der Waals surface area contributed by atoms with E-state index < -0.39 is 5.82 Å². The topological polar surface area (TPSA) is 57.5 Å². The number of nitrogens with one attached hydrogen (secondary N) is 2. The van der Waals surface area contributed by atoms with Gasteiger partial charge in [0.05, 0.1) is 16.4 Å². The summed E-state index contributed by atoms with van der Waals surface area (Å²) in [5.74, 6) is 0.195. The van der Waals surface area contributed by atoms with Crippen molar-refractivity contribution in [3.63, 3.8) is 0 Å². The first-order chi connectivity index (χ1) is 14.9. The summed E-state index contributed by atoms with van der Waals surface area (Å²) in [6.45, 7) is 8.06. The van der Waals surface area contributed by atoms with E-state index in [1.807, 2.05) is 19.1 Å². The molecule has 5 rings (SSSR count). The Labute approximate surface area is 185 Å². The van der Waals surface area contributed by atoms with Crippen molar-refractivity contribution in [1.29, 1.82) is 0 Å². The summed E-state index contributed by atoms with van der Waals surface area (Å²) in [7, 11) is 0. The molecule has 1 fully saturated rings. The van der Waals surface area contributed by atoms with Crippen molar-refractivity contribution in [1.82, 2.24) is 19.7 Å². The predicted molar refractivity (Wildman–Crippen MR) is 124 cm³/mol. The lowest BCUT2D eigenvalue weighted by atomic mass is 10.1. The van der Waals surface area contributed by atoms with Gasteiger partial charge in [0.2, 0.25) is 0 Å². The van der Waals surface area contributed by atoms with Gasteiger partial charge in [-0.25, -0.2) is 14.4 Å². The molecule has 6 nitrogen and oxygen atoms in total. The molecule has 160 valence electrons. The smallest absolute Gasteiger partial charge is 0.173 e. The first-order valence-corrected chi connectivity index (χ1v) is 10.8. The molecule has 2 N–H and O–H groups in total. The second-order valence-electron chi connectivity index (χ2n) is 8.37. The van der Waals surface area contributed by atoms with E-state index >= 15 is 0 Å². The van der Waals surface area contributed by atoms with Crippen LogP contribution in [0.5, 0.6) is 0 Å². The molecule has 0 aliphatic carbocycles. The summed E-state index contributed by atoms with van der Waals surface area (Å²) in [5, 5.41) is 9.20. The van der Waals surface area contributed by atoms with Crippen molar-refractivity contribution in [2.75, 3.05) is 23.3 Å². The Morgan fingerprint density at radius 2 is 1.94 bits per heavy atom. The van der Waals surface area contributed by atoms with E-state index in [1.165, 1.54) is 6.07 Å². The number of imidazole rings is 1. The van der Waals surface area contributed by atoms with Gasteiger partial charge in [0.25, 0.3) is 0 Å². The zero-order valence-electron chi connectivity index (χ0n) is 17.7. The van der Waals surface area contributed by atoms with E-state index in [4.69, 9.17) is 11.6 Å². The van der Waals surface area contributed by atoms with E-state index in [-0.39, 0.29) is 0 Å². The lowest BCUT2D eigenvalue weighted by molar-refractivity contribution is 0.407. The number of nitrogens with zero attached hydrogens (tertiary/aromatic N) is 4. The number of fused-ring (bicyclic) bond motifs is 2. The lowest BCUT2D eigenvalue weighted by Crippen LogP contribution is -2.54. The molecular formula is C23H24ClFN6. The fraction of sp³-hybridized carbons (Fsp3) is 0.304. The van der Waals surface area contributed by atoms with Crippen LogP contribution in [0, 0.1) is 12.7 Å². The minimum atomic E-state index is -0.395. The molecule has 8 heteroatoms. The monoisotopic (exact) mass is 438 g/mol. The minimum absolute atomic E-state index is 0.302. The molecule has 1 aliphatic heterocycles. The molecular weight excluding hydrogens is 415 g/mol. The quantitative estimate of drug-likeness (QED) is 0.475. The maximum atomic E-state index is 14.5. The van der Waals surface area contributed by atoms with Crippen LogP contribution < -0.4 is 15.5 Å². The second kappa shape index (κ2) is 7.66. The Hall–Kier alpha value is -2.90. The average molecular weight is 439 g/mol. The molecule has 0 saturated carbocycles. The third-order valence-electron chi connectivity index (χ3n) is 5.61. The molecule has 1 saturated heterocycles. The highest BCUT2D eigenvalue weighted by atomic mass is 35.5. The molecule has 0 bridgehead atoms. The Bertz CT molecular complexity index is 1280. The number of hydrogen-bond donors (Lipinski definition) is 2. The number of pyridine rings is 2. The average Bonchev–Trinajstić information content (AvgIpc) is 3.08. The molecule has 4 aromatic rings. The molecule has 0 spiro atoms. The van der Waals surface area contributed by atoms with Gasteiger partial charge in [-0.1, -0.05) is 11.6 Å². The minimum Gasteiger partial charge on any atom is -0.368 e. The first-order valence-electron chi connectivity index (χ1n) is 10.4. The van der Waals surface area contributed by atoms with Crippen LogP contribution in [0.4, 0.5) is 21.6 Å². The molecule has 31 heavy (non-hydrogen) atoms. The fourth-order valence-electron chi connectivity index (χ4n) is 4.45. The van der Waals surface area contributed by atoms with Gasteiger partial charge in [-0.05, 0) is 44.4 Å². The first kappa shape index (κ1) is 20.0. The van der Waals surface area contributed by atoms with E-state index in [9.17, 15) is 4.39 Å². The third-order valence-corrected chi connectivity index (χ3v) is 5.91. The highest BCUT2D eigenvalue weighted by Crippen LogP contribution is 2.35. The largest absolute Gasteiger partial charge is 0.368 e. The molecule has 0 radical (unpaired) electrons. The number of piperazine rings is 1. The maximum Gasteiger partial charge on any atom is 0.173 e. The fourth-order valence-corrected chi connectivity index (χ4v) is 4.76. The number of rotatable bonds is 3. The Morgan fingerprint density at radius 3 is 2.71 bits per heavy atom. The Morgan fingerprint density at radius 1 is 1.16 bits per heavy atom. The number of aromatic nitrogens is 3. The predicted octanol–water partition coefficient (Wildman–Crippen LogP) is 4.91. The van der Waals surface area contributed by atoms with Crippen LogP contribution in [0.15, 0.2) is 42.9 Å². The number of anilines is 3. The lowest BCUT2D eigenvalue weighted by Gasteiger charge is -2.38. The van der Waals surface area contributed by atoms with Gasteiger partial charge in [-0.3, -0.25) is 0 Å². The van der Waals surface area contributed by atoms with Crippen LogP contribution in [-0.2, 0) is 0 Å². The zero-order valence-corrected chi connectivity index (χ0v) is 18.4. The van der Waals surface area contributed by atoms with E-state index in [1.54, 1.807) is 23.0 Å². The molecule has 2 atom stereocenters. The van der Waals surface area contributed by atoms with E-state index in [0.717, 1.165) is 35.2 Å². The van der Waals surface area contributed by atoms with E-state index in [2.05, 4.69) is 45.4 Å². The van der Waals surface area contributed by atoms with Crippen LogP contribution in [0.1, 0.15) is 19.5 Å². The highest BCUT2D eigenvalue weighted by molar-refractivity contribution is 6.37. The Kier molecular flexibility index (Phi) is 4.95. The summed E-state index contributed by atoms with van der Waals surface area (Å²) >= 11 is 6.74. The summed E-state index contributed by atoms with van der Waals surface area (Å²) in [6.07, 6.45) is 5.32. The zero-order chi connectivity index (χ0) is 21.7. The maximum absolute atomic E-state index is 14.5. The van der Waals surface area contributed by atoms with Crippen LogP contribution in [-0.4, -0.2) is 39.5 Å². The number of halogens is 2. The second-order valence-corrected chi connectivity index (χ2v) is 8.78. The van der Waals surface area contributed by atoms with Crippen LogP contribution in [0.2, 0.25) is 5.02 Å². The molecule has 3 aromatic heterocycles. The van der Waals surface area contributed by atoms with Gasteiger partial charge in [0, 0.05) is 60.9 Å². The van der Waals surface area contributed by atoms with Gasteiger partial charge in [-0.2, -0.15) is 0 Å². The molecule has 4 heterocycles. The van der Waals surface area contributed by atoms with Crippen molar-refractivity contribution in [2.24, 2.45) is 0 Å². The highest BCUT2D eigenvalue weighted by Gasteiger charge is 2.22. The standard InChI is InChI=1S/C23H24ClFN6/c1-13-9-30(10-14(2)27-13)18-6-16-4-5-26-22(21(16)19(24)8-18)29-17-7-20(25)23-28-15(3)11-31(23)12-17/h4-8,11-14,27H,9-10H2,1-3H3,(H,26,29)/t13-,14+. The van der Waals surface area contributed by atoms with Crippen LogP contribution in [0.3, 0.4) is 0 Å². The summed E-state index contributed by atoms with van der Waals surface area (Å²) < 4.78 is 16.2. The number of aryl methyl sites for hydroxylation is 1. The SMILES string of the molecule is Cc1cn2cc(Nc3nccc4cc(N5C[C@@H](C)N[C@@H](C)C5)cc(Cl)c34)cc(F)c2n1. The van der Waals surface area contributed by atoms with Gasteiger partial charge < -0.3 is 19.9 Å².